The van der Waals surface area contributed by atoms with Gasteiger partial charge in [0.05, 0.1) is 18.8 Å². The first-order valence-electron chi connectivity index (χ1n) is 10.3. The number of alkyl halides is 3. The summed E-state index contributed by atoms with van der Waals surface area (Å²) < 4.78 is 49.7. The molecule has 2 aliphatic rings. The molecule has 2 fully saturated rings. The van der Waals surface area contributed by atoms with E-state index in [9.17, 15) is 22.8 Å². The lowest BCUT2D eigenvalue weighted by atomic mass is 9.95. The average molecular weight is 436 g/mol. The Morgan fingerprint density at radius 2 is 1.65 bits per heavy atom. The number of nitrogens with zero attached hydrogens (tertiary/aromatic N) is 2. The molecule has 31 heavy (non-hydrogen) atoms. The van der Waals surface area contributed by atoms with Gasteiger partial charge < -0.3 is 19.0 Å². The lowest BCUT2D eigenvalue weighted by Gasteiger charge is -2.35. The molecule has 0 atom stereocenters. The van der Waals surface area contributed by atoms with E-state index >= 15 is 0 Å². The van der Waals surface area contributed by atoms with E-state index in [4.69, 9.17) is 9.15 Å². The predicted molar refractivity (Wildman–Crippen MR) is 105 cm³/mol. The first kappa shape index (κ1) is 21.4. The first-order chi connectivity index (χ1) is 14.8. The Labute approximate surface area is 177 Å². The van der Waals surface area contributed by atoms with Crippen LogP contribution >= 0.6 is 0 Å². The number of furan rings is 1. The number of halogens is 3. The van der Waals surface area contributed by atoms with Gasteiger partial charge in [0.15, 0.2) is 5.76 Å². The molecule has 1 aromatic carbocycles. The second kappa shape index (κ2) is 8.74. The molecular formula is C22H23F3N2O4. The van der Waals surface area contributed by atoms with Crippen molar-refractivity contribution in [2.45, 2.75) is 19.0 Å². The van der Waals surface area contributed by atoms with Crippen molar-refractivity contribution in [1.82, 2.24) is 9.80 Å². The van der Waals surface area contributed by atoms with Crippen molar-refractivity contribution in [2.75, 3.05) is 39.4 Å². The van der Waals surface area contributed by atoms with Crippen LogP contribution in [0.25, 0.3) is 11.3 Å². The summed E-state index contributed by atoms with van der Waals surface area (Å²) >= 11 is 0. The summed E-state index contributed by atoms with van der Waals surface area (Å²) in [7, 11) is 0. The third-order valence-corrected chi connectivity index (χ3v) is 5.75. The summed E-state index contributed by atoms with van der Waals surface area (Å²) in [6.07, 6.45) is -3.31. The number of hydrogen-bond donors (Lipinski definition) is 0. The molecule has 4 rings (SSSR count). The van der Waals surface area contributed by atoms with Crippen LogP contribution in [0.5, 0.6) is 0 Å². The first-order valence-corrected chi connectivity index (χ1v) is 10.3. The van der Waals surface area contributed by atoms with Crippen LogP contribution in [-0.4, -0.2) is 61.0 Å². The molecule has 2 aliphatic heterocycles. The Kier molecular flexibility index (Phi) is 6.04. The number of morpholine rings is 1. The minimum Gasteiger partial charge on any atom is -0.451 e. The third-order valence-electron chi connectivity index (χ3n) is 5.75. The van der Waals surface area contributed by atoms with Gasteiger partial charge in [-0.05, 0) is 37.1 Å². The van der Waals surface area contributed by atoms with Crippen LogP contribution in [0.15, 0.2) is 40.8 Å². The maximum Gasteiger partial charge on any atom is 0.416 e. The zero-order chi connectivity index (χ0) is 22.0. The van der Waals surface area contributed by atoms with E-state index in [-0.39, 0.29) is 34.8 Å². The maximum atomic E-state index is 12.9. The quantitative estimate of drug-likeness (QED) is 0.737. The molecule has 2 aromatic rings. The minimum absolute atomic E-state index is 0.0744. The second-order valence-corrected chi connectivity index (χ2v) is 7.75. The standard InChI is InChI=1S/C22H23F3N2O4/c23-22(24,25)17-3-1-2-16(14-17)18-4-5-19(31-18)21(29)26-8-6-15(7-9-26)20(28)27-10-12-30-13-11-27/h1-5,14-15H,6-13H2. The highest BCUT2D eigenvalue weighted by atomic mass is 19.4. The van der Waals surface area contributed by atoms with E-state index in [0.717, 1.165) is 12.1 Å². The fourth-order valence-electron chi connectivity index (χ4n) is 3.98. The van der Waals surface area contributed by atoms with Gasteiger partial charge in [-0.25, -0.2) is 0 Å². The molecule has 0 aliphatic carbocycles. The zero-order valence-electron chi connectivity index (χ0n) is 16.9. The summed E-state index contributed by atoms with van der Waals surface area (Å²) in [5.41, 5.74) is -0.523. The second-order valence-electron chi connectivity index (χ2n) is 7.75. The van der Waals surface area contributed by atoms with Crippen LogP contribution in [0.2, 0.25) is 0 Å². The third kappa shape index (κ3) is 4.76. The van der Waals surface area contributed by atoms with Gasteiger partial charge in [-0.3, -0.25) is 9.59 Å². The number of rotatable bonds is 3. The number of benzene rings is 1. The topological polar surface area (TPSA) is 63.0 Å². The average Bonchev–Trinajstić information content (AvgIpc) is 3.29. The monoisotopic (exact) mass is 436 g/mol. The highest BCUT2D eigenvalue weighted by Gasteiger charge is 2.33. The smallest absolute Gasteiger partial charge is 0.416 e. The number of ether oxygens (including phenoxy) is 1. The van der Waals surface area contributed by atoms with Crippen LogP contribution in [0.4, 0.5) is 13.2 Å². The molecule has 6 nitrogen and oxygen atoms in total. The highest BCUT2D eigenvalue weighted by Crippen LogP contribution is 2.33. The molecular weight excluding hydrogens is 413 g/mol. The molecule has 2 saturated heterocycles. The molecule has 0 unspecified atom stereocenters. The minimum atomic E-state index is -4.45. The van der Waals surface area contributed by atoms with Crippen molar-refractivity contribution in [3.63, 3.8) is 0 Å². The van der Waals surface area contributed by atoms with Crippen molar-refractivity contribution in [2.24, 2.45) is 5.92 Å². The zero-order valence-corrected chi connectivity index (χ0v) is 16.9. The molecule has 0 N–H and O–H groups in total. The van der Waals surface area contributed by atoms with E-state index in [1.54, 1.807) is 4.90 Å². The fourth-order valence-corrected chi connectivity index (χ4v) is 3.98. The van der Waals surface area contributed by atoms with Gasteiger partial charge in [0.25, 0.3) is 5.91 Å². The number of hydrogen-bond acceptors (Lipinski definition) is 4. The Balaban J connectivity index is 1.38. The Hall–Kier alpha value is -2.81. The number of likely N-dealkylation sites (tertiary alicyclic amines) is 1. The number of piperidine rings is 1. The van der Waals surface area contributed by atoms with Gasteiger partial charge in [0.1, 0.15) is 5.76 Å². The van der Waals surface area contributed by atoms with Crippen molar-refractivity contribution < 1.29 is 31.9 Å². The molecule has 0 saturated carbocycles. The van der Waals surface area contributed by atoms with E-state index < -0.39 is 11.7 Å². The normalized spacial score (nSPS) is 18.3. The van der Waals surface area contributed by atoms with E-state index in [2.05, 4.69) is 0 Å². The van der Waals surface area contributed by atoms with Crippen molar-refractivity contribution in [3.05, 3.63) is 47.7 Å². The molecule has 2 amide bonds. The molecule has 0 radical (unpaired) electrons. The predicted octanol–water partition coefficient (Wildman–Crippen LogP) is 3.68. The number of carbonyl (C=O) groups excluding carboxylic acids is 2. The summed E-state index contributed by atoms with van der Waals surface area (Å²) in [5.74, 6) is -0.0488. The van der Waals surface area contributed by atoms with E-state index in [0.29, 0.717) is 52.2 Å². The molecule has 1 aromatic heterocycles. The SMILES string of the molecule is O=C(c1ccc(-c2cccc(C(F)(F)F)c2)o1)N1CCC(C(=O)N2CCOCC2)CC1. The van der Waals surface area contributed by atoms with Crippen molar-refractivity contribution in [1.29, 1.82) is 0 Å². The van der Waals surface area contributed by atoms with Crippen molar-refractivity contribution in [3.8, 4) is 11.3 Å². The van der Waals surface area contributed by atoms with Crippen molar-refractivity contribution >= 4 is 11.8 Å². The highest BCUT2D eigenvalue weighted by molar-refractivity contribution is 5.92. The fraction of sp³-hybridized carbons (Fsp3) is 0.455. The lowest BCUT2D eigenvalue weighted by molar-refractivity contribution is -0.141. The summed E-state index contributed by atoms with van der Waals surface area (Å²) in [4.78, 5) is 28.9. The molecule has 0 spiro atoms. The Bertz CT molecular complexity index is 942. The summed E-state index contributed by atoms with van der Waals surface area (Å²) in [6.45, 7) is 3.16. The number of carbonyl (C=O) groups is 2. The molecule has 3 heterocycles. The van der Waals surface area contributed by atoms with Gasteiger partial charge >= 0.3 is 6.18 Å². The summed E-state index contributed by atoms with van der Waals surface area (Å²) in [6, 6.07) is 7.76. The molecule has 166 valence electrons. The van der Waals surface area contributed by atoms with Crippen LogP contribution < -0.4 is 0 Å². The largest absolute Gasteiger partial charge is 0.451 e. The van der Waals surface area contributed by atoms with Gasteiger partial charge in [-0.1, -0.05) is 12.1 Å². The summed E-state index contributed by atoms with van der Waals surface area (Å²) in [5, 5.41) is 0. The van der Waals surface area contributed by atoms with Gasteiger partial charge in [0.2, 0.25) is 5.91 Å². The van der Waals surface area contributed by atoms with Crippen LogP contribution in [0, 0.1) is 5.92 Å². The van der Waals surface area contributed by atoms with E-state index in [1.165, 1.54) is 24.3 Å². The van der Waals surface area contributed by atoms with Gasteiger partial charge in [-0.2, -0.15) is 13.2 Å². The van der Waals surface area contributed by atoms with E-state index in [1.807, 2.05) is 4.90 Å². The number of amides is 2. The molecule has 0 bridgehead atoms. The van der Waals surface area contributed by atoms with Crippen LogP contribution in [0.3, 0.4) is 0 Å². The van der Waals surface area contributed by atoms with Gasteiger partial charge in [0, 0.05) is 37.7 Å². The van der Waals surface area contributed by atoms with Crippen LogP contribution in [-0.2, 0) is 15.7 Å². The molecule has 9 heteroatoms. The Morgan fingerprint density at radius 3 is 2.32 bits per heavy atom. The maximum absolute atomic E-state index is 12.9. The lowest BCUT2D eigenvalue weighted by Crippen LogP contribution is -2.47. The van der Waals surface area contributed by atoms with Crippen LogP contribution in [0.1, 0.15) is 29.0 Å². The Morgan fingerprint density at radius 1 is 0.935 bits per heavy atom. The van der Waals surface area contributed by atoms with Gasteiger partial charge in [-0.15, -0.1) is 0 Å².